The molecule has 1 rings (SSSR count). The van der Waals surface area contributed by atoms with Gasteiger partial charge in [-0.25, -0.2) is 0 Å². The largest absolute Gasteiger partial charge is 0.292 e. The van der Waals surface area contributed by atoms with E-state index in [4.69, 9.17) is 0 Å². The van der Waals surface area contributed by atoms with Gasteiger partial charge >= 0.3 is 0 Å². The number of Topliss-reactive ketones (excluding diaryl/α,β-unsaturated/α-hetero) is 1. The second-order valence-corrected chi connectivity index (χ2v) is 6.37. The molecular formula is C8H5Br2IO. The highest BCUT2D eigenvalue weighted by molar-refractivity contribution is 14.1. The molecule has 0 aliphatic heterocycles. The summed E-state index contributed by atoms with van der Waals surface area (Å²) in [5, 5.41) is 0. The Kier molecular flexibility index (Phi) is 4.19. The lowest BCUT2D eigenvalue weighted by molar-refractivity contribution is 0.101. The van der Waals surface area contributed by atoms with Crippen molar-refractivity contribution >= 4 is 60.2 Å². The maximum Gasteiger partial charge on any atom is 0.188 e. The third-order valence-corrected chi connectivity index (χ3v) is 3.11. The van der Waals surface area contributed by atoms with E-state index in [1.165, 1.54) is 0 Å². The molecule has 0 atom stereocenters. The van der Waals surface area contributed by atoms with Crippen LogP contribution in [0.3, 0.4) is 0 Å². The van der Waals surface area contributed by atoms with Crippen LogP contribution in [0.2, 0.25) is 0 Å². The lowest BCUT2D eigenvalue weighted by Crippen LogP contribution is -2.08. The van der Waals surface area contributed by atoms with E-state index in [0.29, 0.717) is 0 Å². The Morgan fingerprint density at radius 1 is 1.33 bits per heavy atom. The number of hydrogen-bond acceptors (Lipinski definition) is 1. The van der Waals surface area contributed by atoms with Gasteiger partial charge in [0.1, 0.15) is 3.74 Å². The Bertz CT molecular complexity index is 299. The van der Waals surface area contributed by atoms with Crippen molar-refractivity contribution in [1.82, 2.24) is 0 Å². The minimum absolute atomic E-state index is 0.0556. The van der Waals surface area contributed by atoms with Crippen LogP contribution in [0.15, 0.2) is 24.3 Å². The third-order valence-electron chi connectivity index (χ3n) is 1.34. The smallest absolute Gasteiger partial charge is 0.188 e. The molecule has 0 saturated carbocycles. The van der Waals surface area contributed by atoms with Crippen molar-refractivity contribution in [3.63, 3.8) is 0 Å². The molecular weight excluding hydrogens is 399 g/mol. The van der Waals surface area contributed by atoms with Gasteiger partial charge in [0, 0.05) is 9.13 Å². The van der Waals surface area contributed by atoms with E-state index in [1.807, 2.05) is 24.3 Å². The van der Waals surface area contributed by atoms with Crippen molar-refractivity contribution in [1.29, 1.82) is 0 Å². The van der Waals surface area contributed by atoms with Crippen LogP contribution in [0.25, 0.3) is 0 Å². The van der Waals surface area contributed by atoms with Crippen molar-refractivity contribution in [2.45, 2.75) is 3.74 Å². The highest BCUT2D eigenvalue weighted by Crippen LogP contribution is 2.19. The Labute approximate surface area is 101 Å². The summed E-state index contributed by atoms with van der Waals surface area (Å²) in [5.74, 6) is 0.0556. The molecule has 0 unspecified atom stereocenters. The van der Waals surface area contributed by atoms with Crippen LogP contribution in [0.4, 0.5) is 0 Å². The second-order valence-electron chi connectivity index (χ2n) is 2.14. The zero-order chi connectivity index (χ0) is 9.14. The Hall–Kier alpha value is 0.580. The summed E-state index contributed by atoms with van der Waals surface area (Å²) in [7, 11) is 0. The van der Waals surface area contributed by atoms with Crippen molar-refractivity contribution in [3.8, 4) is 0 Å². The predicted octanol–water partition coefficient (Wildman–Crippen LogP) is 3.59. The number of alkyl halides is 2. The first kappa shape index (κ1) is 10.7. The zero-order valence-electron chi connectivity index (χ0n) is 5.93. The van der Waals surface area contributed by atoms with Crippen molar-refractivity contribution in [2.75, 3.05) is 0 Å². The highest BCUT2D eigenvalue weighted by atomic mass is 127. The average Bonchev–Trinajstić information content (AvgIpc) is 2.04. The summed E-state index contributed by atoms with van der Waals surface area (Å²) in [4.78, 5) is 11.5. The summed E-state index contributed by atoms with van der Waals surface area (Å²) in [6.07, 6.45) is 0. The first-order chi connectivity index (χ1) is 5.63. The molecule has 1 aromatic carbocycles. The summed E-state index contributed by atoms with van der Waals surface area (Å²) < 4.78 is 0.685. The summed E-state index contributed by atoms with van der Waals surface area (Å²) in [5.41, 5.74) is 0.747. The van der Waals surface area contributed by atoms with Gasteiger partial charge in [-0.15, -0.1) is 0 Å². The van der Waals surface area contributed by atoms with Crippen molar-refractivity contribution < 1.29 is 4.79 Å². The van der Waals surface area contributed by atoms with Gasteiger partial charge in [-0.3, -0.25) is 4.79 Å². The van der Waals surface area contributed by atoms with Crippen LogP contribution < -0.4 is 0 Å². The molecule has 0 spiro atoms. The molecule has 64 valence electrons. The molecule has 4 heteroatoms. The minimum Gasteiger partial charge on any atom is -0.292 e. The van der Waals surface area contributed by atoms with Crippen LogP contribution in [0.1, 0.15) is 10.4 Å². The molecule has 0 N–H and O–H groups in total. The fraction of sp³-hybridized carbons (Fsp3) is 0.125. The van der Waals surface area contributed by atoms with E-state index >= 15 is 0 Å². The molecule has 0 aromatic heterocycles. The standard InChI is InChI=1S/C8H5Br2IO/c9-8(10)7(12)5-3-1-2-4-6(5)11/h1-4,8H. The number of benzene rings is 1. The highest BCUT2D eigenvalue weighted by Gasteiger charge is 2.15. The third kappa shape index (κ3) is 2.53. The Balaban J connectivity index is 3.03. The maximum absolute atomic E-state index is 11.5. The normalized spacial score (nSPS) is 10.3. The molecule has 0 heterocycles. The summed E-state index contributed by atoms with van der Waals surface area (Å²) in [6, 6.07) is 7.50. The first-order valence-corrected chi connectivity index (χ1v) is 6.11. The molecule has 0 amide bonds. The molecule has 0 aliphatic carbocycles. The van der Waals surface area contributed by atoms with Crippen LogP contribution in [-0.2, 0) is 0 Å². The second kappa shape index (κ2) is 4.72. The van der Waals surface area contributed by atoms with Crippen LogP contribution in [0, 0.1) is 3.57 Å². The fourth-order valence-corrected chi connectivity index (χ4v) is 1.93. The number of carbonyl (C=O) groups excluding carboxylic acids is 1. The van der Waals surface area contributed by atoms with Crippen molar-refractivity contribution in [3.05, 3.63) is 33.4 Å². The van der Waals surface area contributed by atoms with Gasteiger partial charge in [0.25, 0.3) is 0 Å². The fourth-order valence-electron chi connectivity index (χ4n) is 0.779. The number of hydrogen-bond donors (Lipinski definition) is 0. The van der Waals surface area contributed by atoms with Gasteiger partial charge in [-0.05, 0) is 28.7 Å². The van der Waals surface area contributed by atoms with E-state index in [1.54, 1.807) is 0 Å². The molecule has 12 heavy (non-hydrogen) atoms. The quantitative estimate of drug-likeness (QED) is 0.419. The lowest BCUT2D eigenvalue weighted by Gasteiger charge is -2.02. The summed E-state index contributed by atoms with van der Waals surface area (Å²) in [6.45, 7) is 0. The van der Waals surface area contributed by atoms with Gasteiger partial charge in [-0.1, -0.05) is 50.1 Å². The number of halogens is 3. The van der Waals surface area contributed by atoms with E-state index in [0.717, 1.165) is 9.13 Å². The van der Waals surface area contributed by atoms with Crippen LogP contribution in [-0.4, -0.2) is 9.52 Å². The molecule has 0 saturated heterocycles. The van der Waals surface area contributed by atoms with Gasteiger partial charge in [0.05, 0.1) is 0 Å². The SMILES string of the molecule is O=C(c1ccccc1I)C(Br)Br. The van der Waals surface area contributed by atoms with E-state index in [9.17, 15) is 4.79 Å². The molecule has 0 aliphatic rings. The van der Waals surface area contributed by atoms with E-state index in [-0.39, 0.29) is 9.52 Å². The van der Waals surface area contributed by atoms with Gasteiger partial charge in [0.15, 0.2) is 5.78 Å². The molecule has 1 nitrogen and oxygen atoms in total. The minimum atomic E-state index is -0.291. The predicted molar refractivity (Wildman–Crippen MR) is 65.1 cm³/mol. The van der Waals surface area contributed by atoms with Gasteiger partial charge < -0.3 is 0 Å². The van der Waals surface area contributed by atoms with E-state index in [2.05, 4.69) is 54.5 Å². The summed E-state index contributed by atoms with van der Waals surface area (Å²) >= 11 is 8.50. The molecule has 0 bridgehead atoms. The van der Waals surface area contributed by atoms with Crippen LogP contribution >= 0.6 is 54.5 Å². The van der Waals surface area contributed by atoms with Crippen molar-refractivity contribution in [2.24, 2.45) is 0 Å². The van der Waals surface area contributed by atoms with E-state index < -0.39 is 0 Å². The Morgan fingerprint density at radius 2 is 1.92 bits per heavy atom. The first-order valence-electron chi connectivity index (χ1n) is 3.20. The van der Waals surface area contributed by atoms with Gasteiger partial charge in [-0.2, -0.15) is 0 Å². The monoisotopic (exact) mass is 402 g/mol. The Morgan fingerprint density at radius 3 is 2.42 bits per heavy atom. The molecule has 0 radical (unpaired) electrons. The zero-order valence-corrected chi connectivity index (χ0v) is 11.3. The number of rotatable bonds is 2. The molecule has 1 aromatic rings. The average molecular weight is 404 g/mol. The lowest BCUT2D eigenvalue weighted by atomic mass is 10.2. The number of carbonyl (C=O) groups is 1. The molecule has 0 fully saturated rings. The van der Waals surface area contributed by atoms with Crippen LogP contribution in [0.5, 0.6) is 0 Å². The van der Waals surface area contributed by atoms with Gasteiger partial charge in [0.2, 0.25) is 0 Å². The topological polar surface area (TPSA) is 17.1 Å². The maximum atomic E-state index is 11.5. The number of ketones is 1.